The lowest BCUT2D eigenvalue weighted by Gasteiger charge is -2.10. The third-order valence-corrected chi connectivity index (χ3v) is 3.40. The monoisotopic (exact) mass is 293 g/mol. The molecular formula is C15H13Cl2NO. The lowest BCUT2D eigenvalue weighted by atomic mass is 10.1. The number of carbonyl (C=O) groups excluding carboxylic acids is 1. The molecule has 0 bridgehead atoms. The molecule has 4 heteroatoms. The van der Waals surface area contributed by atoms with Crippen LogP contribution in [0.2, 0.25) is 5.02 Å². The number of hydrogen-bond acceptors (Lipinski definition) is 1. The highest BCUT2D eigenvalue weighted by Gasteiger charge is 2.16. The van der Waals surface area contributed by atoms with Crippen LogP contribution >= 0.6 is 23.2 Å². The van der Waals surface area contributed by atoms with Gasteiger partial charge in [0.25, 0.3) is 0 Å². The smallest absolute Gasteiger partial charge is 0.242 e. The maximum absolute atomic E-state index is 11.9. The van der Waals surface area contributed by atoms with Crippen molar-refractivity contribution in [3.05, 3.63) is 70.7 Å². The molecule has 0 aliphatic rings. The molecule has 2 rings (SSSR count). The Bertz CT molecular complexity index is 540. The first kappa shape index (κ1) is 13.9. The first-order valence-electron chi connectivity index (χ1n) is 5.88. The van der Waals surface area contributed by atoms with Crippen molar-refractivity contribution < 1.29 is 4.79 Å². The Morgan fingerprint density at radius 1 is 1.05 bits per heavy atom. The Balaban J connectivity index is 1.93. The van der Waals surface area contributed by atoms with Gasteiger partial charge in [0.2, 0.25) is 5.91 Å². The lowest BCUT2D eigenvalue weighted by molar-refractivity contribution is -0.121. The average Bonchev–Trinajstić information content (AvgIpc) is 2.46. The number of amides is 1. The topological polar surface area (TPSA) is 29.1 Å². The second-order valence-corrected chi connectivity index (χ2v) is 4.99. The van der Waals surface area contributed by atoms with Gasteiger partial charge < -0.3 is 5.32 Å². The zero-order valence-corrected chi connectivity index (χ0v) is 11.7. The number of carbonyl (C=O) groups is 1. The summed E-state index contributed by atoms with van der Waals surface area (Å²) in [5, 5.41) is 2.81. The van der Waals surface area contributed by atoms with E-state index < -0.39 is 5.38 Å². The summed E-state index contributed by atoms with van der Waals surface area (Å²) < 4.78 is 0. The summed E-state index contributed by atoms with van der Waals surface area (Å²) >= 11 is 11.9. The molecule has 0 radical (unpaired) electrons. The van der Waals surface area contributed by atoms with Gasteiger partial charge in [0.1, 0.15) is 5.38 Å². The van der Waals surface area contributed by atoms with Crippen LogP contribution in [0.1, 0.15) is 16.5 Å². The van der Waals surface area contributed by atoms with E-state index in [1.165, 1.54) is 0 Å². The van der Waals surface area contributed by atoms with E-state index >= 15 is 0 Å². The summed E-state index contributed by atoms with van der Waals surface area (Å²) in [5.41, 5.74) is 1.77. The molecule has 2 aromatic carbocycles. The SMILES string of the molecule is O=C(NCc1ccc(Cl)cc1)C(Cl)c1ccccc1. The minimum Gasteiger partial charge on any atom is -0.350 e. The minimum atomic E-state index is -0.673. The Labute approximate surface area is 122 Å². The zero-order chi connectivity index (χ0) is 13.7. The van der Waals surface area contributed by atoms with Gasteiger partial charge in [0.15, 0.2) is 0 Å². The first-order chi connectivity index (χ1) is 9.16. The number of benzene rings is 2. The minimum absolute atomic E-state index is 0.206. The second-order valence-electron chi connectivity index (χ2n) is 4.12. The third kappa shape index (κ3) is 3.98. The number of hydrogen-bond donors (Lipinski definition) is 1. The van der Waals surface area contributed by atoms with Crippen LogP contribution in [0.4, 0.5) is 0 Å². The molecule has 0 aliphatic carbocycles. The summed E-state index contributed by atoms with van der Waals surface area (Å²) in [7, 11) is 0. The molecule has 2 nitrogen and oxygen atoms in total. The summed E-state index contributed by atoms with van der Waals surface area (Å²) in [6.07, 6.45) is 0. The first-order valence-corrected chi connectivity index (χ1v) is 6.69. The maximum atomic E-state index is 11.9. The van der Waals surface area contributed by atoms with Crippen molar-refractivity contribution in [1.29, 1.82) is 0 Å². The van der Waals surface area contributed by atoms with E-state index in [0.717, 1.165) is 11.1 Å². The zero-order valence-electron chi connectivity index (χ0n) is 10.1. The Hall–Kier alpha value is -1.51. The van der Waals surface area contributed by atoms with Gasteiger partial charge in [-0.2, -0.15) is 0 Å². The number of halogens is 2. The molecule has 0 aliphatic heterocycles. The van der Waals surface area contributed by atoms with Crippen LogP contribution in [0.25, 0.3) is 0 Å². The van der Waals surface area contributed by atoms with Gasteiger partial charge in [-0.15, -0.1) is 11.6 Å². The van der Waals surface area contributed by atoms with E-state index in [9.17, 15) is 4.79 Å². The van der Waals surface area contributed by atoms with Gasteiger partial charge in [-0.3, -0.25) is 4.79 Å². The Morgan fingerprint density at radius 2 is 1.68 bits per heavy atom. The molecule has 0 fully saturated rings. The van der Waals surface area contributed by atoms with Crippen molar-refractivity contribution in [2.75, 3.05) is 0 Å². The average molecular weight is 294 g/mol. The van der Waals surface area contributed by atoms with Crippen LogP contribution in [-0.4, -0.2) is 5.91 Å². The van der Waals surface area contributed by atoms with Crippen LogP contribution in [0, 0.1) is 0 Å². The summed E-state index contributed by atoms with van der Waals surface area (Å²) in [6.45, 7) is 0.437. The molecule has 0 saturated carbocycles. The van der Waals surface area contributed by atoms with Crippen molar-refractivity contribution in [3.63, 3.8) is 0 Å². The molecule has 0 spiro atoms. The standard InChI is InChI=1S/C15H13Cl2NO/c16-13-8-6-11(7-9-13)10-18-15(19)14(17)12-4-2-1-3-5-12/h1-9,14H,10H2,(H,18,19). The molecule has 1 amide bonds. The van der Waals surface area contributed by atoms with E-state index in [2.05, 4.69) is 5.32 Å². The fourth-order valence-corrected chi connectivity index (χ4v) is 2.00. The van der Waals surface area contributed by atoms with E-state index in [-0.39, 0.29) is 5.91 Å². The van der Waals surface area contributed by atoms with E-state index in [1.54, 1.807) is 12.1 Å². The molecule has 19 heavy (non-hydrogen) atoms. The van der Waals surface area contributed by atoms with Crippen molar-refractivity contribution in [2.45, 2.75) is 11.9 Å². The molecule has 0 aromatic heterocycles. The van der Waals surface area contributed by atoms with Crippen molar-refractivity contribution in [2.24, 2.45) is 0 Å². The molecule has 0 saturated heterocycles. The van der Waals surface area contributed by atoms with Gasteiger partial charge in [-0.1, -0.05) is 54.1 Å². The normalized spacial score (nSPS) is 11.9. The maximum Gasteiger partial charge on any atom is 0.242 e. The summed E-state index contributed by atoms with van der Waals surface area (Å²) in [4.78, 5) is 11.9. The third-order valence-electron chi connectivity index (χ3n) is 2.70. The molecule has 0 heterocycles. The molecule has 98 valence electrons. The largest absolute Gasteiger partial charge is 0.350 e. The van der Waals surface area contributed by atoms with Crippen molar-refractivity contribution in [3.8, 4) is 0 Å². The number of rotatable bonds is 4. The molecule has 1 atom stereocenters. The van der Waals surface area contributed by atoms with Gasteiger partial charge in [0, 0.05) is 11.6 Å². The van der Waals surface area contributed by atoms with Crippen molar-refractivity contribution in [1.82, 2.24) is 5.32 Å². The highest BCUT2D eigenvalue weighted by atomic mass is 35.5. The number of nitrogens with one attached hydrogen (secondary N) is 1. The fourth-order valence-electron chi connectivity index (χ4n) is 1.65. The van der Waals surface area contributed by atoms with Crippen LogP contribution in [0.15, 0.2) is 54.6 Å². The van der Waals surface area contributed by atoms with Gasteiger partial charge in [-0.25, -0.2) is 0 Å². The molecule has 1 N–H and O–H groups in total. The predicted octanol–water partition coefficient (Wildman–Crippen LogP) is 3.94. The van der Waals surface area contributed by atoms with Crippen LogP contribution in [0.5, 0.6) is 0 Å². The summed E-state index contributed by atoms with van der Waals surface area (Å²) in [5.74, 6) is -0.206. The van der Waals surface area contributed by atoms with E-state index in [4.69, 9.17) is 23.2 Å². The van der Waals surface area contributed by atoms with Crippen molar-refractivity contribution >= 4 is 29.1 Å². The van der Waals surface area contributed by atoms with Crippen LogP contribution < -0.4 is 5.32 Å². The fraction of sp³-hybridized carbons (Fsp3) is 0.133. The molecular weight excluding hydrogens is 281 g/mol. The Morgan fingerprint density at radius 3 is 2.32 bits per heavy atom. The molecule has 2 aromatic rings. The second kappa shape index (κ2) is 6.60. The quantitative estimate of drug-likeness (QED) is 0.850. The lowest BCUT2D eigenvalue weighted by Crippen LogP contribution is -2.26. The highest BCUT2D eigenvalue weighted by Crippen LogP contribution is 2.20. The van der Waals surface area contributed by atoms with E-state index in [0.29, 0.717) is 11.6 Å². The molecule has 1 unspecified atom stereocenters. The predicted molar refractivity (Wildman–Crippen MR) is 78.3 cm³/mol. The highest BCUT2D eigenvalue weighted by molar-refractivity contribution is 6.31. The van der Waals surface area contributed by atoms with Gasteiger partial charge in [0.05, 0.1) is 0 Å². The van der Waals surface area contributed by atoms with Crippen LogP contribution in [-0.2, 0) is 11.3 Å². The van der Waals surface area contributed by atoms with Gasteiger partial charge in [-0.05, 0) is 23.3 Å². The van der Waals surface area contributed by atoms with Crippen LogP contribution in [0.3, 0.4) is 0 Å². The van der Waals surface area contributed by atoms with Gasteiger partial charge >= 0.3 is 0 Å². The number of alkyl halides is 1. The summed E-state index contributed by atoms with van der Waals surface area (Å²) in [6, 6.07) is 16.6. The van der Waals surface area contributed by atoms with E-state index in [1.807, 2.05) is 42.5 Å². The Kier molecular flexibility index (Phi) is 4.83.